The molecular formula is C14H19F3N2O2. The number of alkyl halides is 3. The first-order chi connectivity index (χ1) is 10.0. The van der Waals surface area contributed by atoms with Crippen LogP contribution in [-0.4, -0.2) is 44.4 Å². The van der Waals surface area contributed by atoms with Crippen LogP contribution in [0.25, 0.3) is 0 Å². The summed E-state index contributed by atoms with van der Waals surface area (Å²) in [7, 11) is 0. The Morgan fingerprint density at radius 2 is 1.95 bits per heavy atom. The van der Waals surface area contributed by atoms with Crippen molar-refractivity contribution < 1.29 is 22.6 Å². The Balaban J connectivity index is 1.96. The van der Waals surface area contributed by atoms with Gasteiger partial charge in [0.2, 0.25) is 0 Å². The SMILES string of the molecule is NCc1ccc(C(F)(F)F)cc1OCCN1CCOCC1. The predicted octanol–water partition coefficient (Wildman–Crippen LogP) is 1.88. The molecule has 0 aliphatic carbocycles. The lowest BCUT2D eigenvalue weighted by atomic mass is 10.1. The summed E-state index contributed by atoms with van der Waals surface area (Å²) in [6, 6.07) is 3.41. The molecule has 21 heavy (non-hydrogen) atoms. The van der Waals surface area contributed by atoms with Gasteiger partial charge in [-0.2, -0.15) is 13.2 Å². The number of halogens is 3. The highest BCUT2D eigenvalue weighted by molar-refractivity contribution is 5.38. The molecule has 0 unspecified atom stereocenters. The first-order valence-corrected chi connectivity index (χ1v) is 6.84. The van der Waals surface area contributed by atoms with Crippen LogP contribution in [0.5, 0.6) is 5.75 Å². The van der Waals surface area contributed by atoms with Gasteiger partial charge in [0.05, 0.1) is 18.8 Å². The normalized spacial score (nSPS) is 17.0. The second-order valence-electron chi connectivity index (χ2n) is 4.83. The summed E-state index contributed by atoms with van der Waals surface area (Å²) in [5.74, 6) is 0.209. The molecule has 4 nitrogen and oxygen atoms in total. The van der Waals surface area contributed by atoms with E-state index in [1.54, 1.807) is 0 Å². The molecule has 1 aromatic carbocycles. The molecule has 1 heterocycles. The summed E-state index contributed by atoms with van der Waals surface area (Å²) in [4.78, 5) is 2.15. The van der Waals surface area contributed by atoms with E-state index in [2.05, 4.69) is 4.90 Å². The van der Waals surface area contributed by atoms with E-state index >= 15 is 0 Å². The summed E-state index contributed by atoms with van der Waals surface area (Å²) in [5.41, 5.74) is 5.39. The van der Waals surface area contributed by atoms with Crippen LogP contribution in [0, 0.1) is 0 Å². The van der Waals surface area contributed by atoms with Crippen LogP contribution >= 0.6 is 0 Å². The van der Waals surface area contributed by atoms with Crippen molar-refractivity contribution in [1.82, 2.24) is 4.90 Å². The number of hydrogen-bond acceptors (Lipinski definition) is 4. The molecule has 2 rings (SSSR count). The van der Waals surface area contributed by atoms with Gasteiger partial charge in [-0.15, -0.1) is 0 Å². The van der Waals surface area contributed by atoms with Gasteiger partial charge in [-0.1, -0.05) is 6.07 Å². The standard InChI is InChI=1S/C14H19F3N2O2/c15-14(16,17)12-2-1-11(10-18)13(9-12)21-8-5-19-3-6-20-7-4-19/h1-2,9H,3-8,10,18H2. The van der Waals surface area contributed by atoms with Crippen molar-refractivity contribution in [3.05, 3.63) is 29.3 Å². The van der Waals surface area contributed by atoms with Crippen LogP contribution in [0.15, 0.2) is 18.2 Å². The molecule has 1 saturated heterocycles. The molecule has 1 aromatic rings. The van der Waals surface area contributed by atoms with Gasteiger partial charge in [-0.05, 0) is 12.1 Å². The van der Waals surface area contributed by atoms with Crippen molar-refractivity contribution in [3.63, 3.8) is 0 Å². The van der Waals surface area contributed by atoms with Crippen LogP contribution < -0.4 is 10.5 Å². The molecule has 118 valence electrons. The third-order valence-electron chi connectivity index (χ3n) is 3.38. The van der Waals surface area contributed by atoms with E-state index in [0.29, 0.717) is 31.9 Å². The van der Waals surface area contributed by atoms with Gasteiger partial charge in [0.15, 0.2) is 0 Å². The average Bonchev–Trinajstić information content (AvgIpc) is 2.47. The van der Waals surface area contributed by atoms with Gasteiger partial charge in [0.25, 0.3) is 0 Å². The molecule has 0 saturated carbocycles. The second-order valence-corrected chi connectivity index (χ2v) is 4.83. The Labute approximate surface area is 121 Å². The van der Waals surface area contributed by atoms with Crippen molar-refractivity contribution >= 4 is 0 Å². The van der Waals surface area contributed by atoms with Gasteiger partial charge in [-0.25, -0.2) is 0 Å². The lowest BCUT2D eigenvalue weighted by Crippen LogP contribution is -2.38. The summed E-state index contributed by atoms with van der Waals surface area (Å²) >= 11 is 0. The molecule has 0 aromatic heterocycles. The molecule has 0 atom stereocenters. The van der Waals surface area contributed by atoms with Crippen LogP contribution in [0.3, 0.4) is 0 Å². The third-order valence-corrected chi connectivity index (χ3v) is 3.38. The lowest BCUT2D eigenvalue weighted by Gasteiger charge is -2.26. The first-order valence-electron chi connectivity index (χ1n) is 6.84. The van der Waals surface area contributed by atoms with E-state index < -0.39 is 11.7 Å². The number of hydrogen-bond donors (Lipinski definition) is 1. The fourth-order valence-corrected chi connectivity index (χ4v) is 2.14. The number of morpholine rings is 1. The fraction of sp³-hybridized carbons (Fsp3) is 0.571. The topological polar surface area (TPSA) is 47.7 Å². The summed E-state index contributed by atoms with van der Waals surface area (Å²) < 4.78 is 48.9. The van der Waals surface area contributed by atoms with E-state index in [-0.39, 0.29) is 12.3 Å². The molecule has 0 amide bonds. The minimum absolute atomic E-state index is 0.144. The van der Waals surface area contributed by atoms with Crippen molar-refractivity contribution in [3.8, 4) is 5.75 Å². The van der Waals surface area contributed by atoms with Gasteiger partial charge < -0.3 is 15.2 Å². The lowest BCUT2D eigenvalue weighted by molar-refractivity contribution is -0.137. The van der Waals surface area contributed by atoms with Crippen LogP contribution in [0.2, 0.25) is 0 Å². The zero-order valence-corrected chi connectivity index (χ0v) is 11.7. The Bertz CT molecular complexity index is 460. The van der Waals surface area contributed by atoms with Crippen molar-refractivity contribution in [2.75, 3.05) is 39.5 Å². The summed E-state index contributed by atoms with van der Waals surface area (Å²) in [5, 5.41) is 0. The Morgan fingerprint density at radius 3 is 2.57 bits per heavy atom. The second kappa shape index (κ2) is 7.11. The van der Waals surface area contributed by atoms with Crippen LogP contribution in [0.1, 0.15) is 11.1 Å². The first kappa shape index (κ1) is 16.1. The Kier molecular flexibility index (Phi) is 5.44. The predicted molar refractivity (Wildman–Crippen MR) is 72.1 cm³/mol. The maximum atomic E-state index is 12.7. The van der Waals surface area contributed by atoms with Gasteiger partial charge >= 0.3 is 6.18 Å². The molecule has 7 heteroatoms. The van der Waals surface area contributed by atoms with Gasteiger partial charge in [-0.3, -0.25) is 4.90 Å². The number of nitrogens with two attached hydrogens (primary N) is 1. The largest absolute Gasteiger partial charge is 0.492 e. The molecule has 0 bridgehead atoms. The molecule has 0 radical (unpaired) electrons. The number of benzene rings is 1. The van der Waals surface area contributed by atoms with Crippen LogP contribution in [0.4, 0.5) is 13.2 Å². The summed E-state index contributed by atoms with van der Waals surface area (Å²) in [6.07, 6.45) is -4.38. The van der Waals surface area contributed by atoms with E-state index in [0.717, 1.165) is 25.2 Å². The Morgan fingerprint density at radius 1 is 1.24 bits per heavy atom. The monoisotopic (exact) mass is 304 g/mol. The minimum Gasteiger partial charge on any atom is -0.492 e. The van der Waals surface area contributed by atoms with E-state index in [1.807, 2.05) is 0 Å². The quantitative estimate of drug-likeness (QED) is 0.902. The van der Waals surface area contributed by atoms with Gasteiger partial charge in [0, 0.05) is 31.7 Å². The highest BCUT2D eigenvalue weighted by atomic mass is 19.4. The molecule has 1 aliphatic heterocycles. The van der Waals surface area contributed by atoms with Crippen molar-refractivity contribution in [1.29, 1.82) is 0 Å². The van der Waals surface area contributed by atoms with E-state index in [4.69, 9.17) is 15.2 Å². The zero-order chi connectivity index (χ0) is 15.3. The molecule has 0 spiro atoms. The Hall–Kier alpha value is -1.31. The highest BCUT2D eigenvalue weighted by Crippen LogP contribution is 2.33. The summed E-state index contributed by atoms with van der Waals surface area (Å²) in [6.45, 7) is 4.11. The van der Waals surface area contributed by atoms with Crippen LogP contribution in [-0.2, 0) is 17.5 Å². The molecule has 2 N–H and O–H groups in total. The highest BCUT2D eigenvalue weighted by Gasteiger charge is 2.31. The molecular weight excluding hydrogens is 285 g/mol. The average molecular weight is 304 g/mol. The zero-order valence-electron chi connectivity index (χ0n) is 11.7. The fourth-order valence-electron chi connectivity index (χ4n) is 2.14. The maximum absolute atomic E-state index is 12.7. The van der Waals surface area contributed by atoms with E-state index in [1.165, 1.54) is 6.07 Å². The maximum Gasteiger partial charge on any atom is 0.416 e. The number of rotatable bonds is 5. The van der Waals surface area contributed by atoms with Crippen molar-refractivity contribution in [2.45, 2.75) is 12.7 Å². The minimum atomic E-state index is -4.38. The number of ether oxygens (including phenoxy) is 2. The van der Waals surface area contributed by atoms with E-state index in [9.17, 15) is 13.2 Å². The third kappa shape index (κ3) is 4.59. The smallest absolute Gasteiger partial charge is 0.416 e. The molecule has 1 aliphatic rings. The number of nitrogens with zero attached hydrogens (tertiary/aromatic N) is 1. The molecule has 1 fully saturated rings. The van der Waals surface area contributed by atoms with Gasteiger partial charge in [0.1, 0.15) is 12.4 Å². The van der Waals surface area contributed by atoms with Crippen molar-refractivity contribution in [2.24, 2.45) is 5.73 Å².